The second-order valence-corrected chi connectivity index (χ2v) is 11.7. The third-order valence-electron chi connectivity index (χ3n) is 7.65. The zero-order valence-corrected chi connectivity index (χ0v) is 25.1. The lowest BCUT2D eigenvalue weighted by atomic mass is 9.79. The SMILES string of the molecule is CCCCCCCCOc1ccc(NC(=O)C2(O)CC(OC(=O)/C=C/c3ccc(O)c(O)c3)C3OC(C)(C)OC3C2)cc1. The largest absolute Gasteiger partial charge is 0.504 e. The van der Waals surface area contributed by atoms with E-state index in [4.69, 9.17) is 18.9 Å². The summed E-state index contributed by atoms with van der Waals surface area (Å²) in [6, 6.07) is 11.1. The van der Waals surface area contributed by atoms with Crippen LogP contribution in [0.3, 0.4) is 0 Å². The number of carbonyl (C=O) groups excluding carboxylic acids is 2. The molecule has 1 amide bonds. The summed E-state index contributed by atoms with van der Waals surface area (Å²) in [6.07, 6.45) is 7.07. The van der Waals surface area contributed by atoms with E-state index < -0.39 is 41.6 Å². The number of hydrogen-bond donors (Lipinski definition) is 4. The Hall–Kier alpha value is -3.60. The zero-order valence-electron chi connectivity index (χ0n) is 25.1. The summed E-state index contributed by atoms with van der Waals surface area (Å²) in [5.74, 6) is -2.27. The zero-order chi connectivity index (χ0) is 31.0. The standard InChI is InChI=1S/C33H43NO9/c1-4-5-6-7-8-9-18-40-24-14-12-23(13-15-24)34-31(38)33(39)20-27(30-28(21-33)42-32(2,3)43-30)41-29(37)17-11-22-10-16-25(35)26(36)19-22/h10-17,19,27-28,30,35-36,39H,4-9,18,20-21H2,1-3H3,(H,34,38)/b17-11+. The number of carbonyl (C=O) groups is 2. The number of benzene rings is 2. The average molecular weight is 598 g/mol. The number of anilines is 1. The van der Waals surface area contributed by atoms with E-state index in [0.717, 1.165) is 18.9 Å². The fourth-order valence-corrected chi connectivity index (χ4v) is 5.45. The molecule has 1 aliphatic carbocycles. The first-order valence-electron chi connectivity index (χ1n) is 15.0. The minimum atomic E-state index is -1.89. The molecule has 1 aliphatic heterocycles. The van der Waals surface area contributed by atoms with Gasteiger partial charge in [-0.25, -0.2) is 4.79 Å². The van der Waals surface area contributed by atoms with Gasteiger partial charge in [0.15, 0.2) is 17.3 Å². The van der Waals surface area contributed by atoms with Crippen LogP contribution in [0.2, 0.25) is 0 Å². The van der Waals surface area contributed by atoms with Crippen molar-refractivity contribution in [2.24, 2.45) is 0 Å². The lowest BCUT2D eigenvalue weighted by Crippen LogP contribution is -2.57. The highest BCUT2D eigenvalue weighted by atomic mass is 16.8. The minimum Gasteiger partial charge on any atom is -0.504 e. The monoisotopic (exact) mass is 597 g/mol. The minimum absolute atomic E-state index is 0.0386. The maximum Gasteiger partial charge on any atom is 0.331 e. The second-order valence-electron chi connectivity index (χ2n) is 11.7. The molecule has 2 fully saturated rings. The highest BCUT2D eigenvalue weighted by Crippen LogP contribution is 2.42. The topological polar surface area (TPSA) is 144 Å². The number of amides is 1. The van der Waals surface area contributed by atoms with E-state index in [1.165, 1.54) is 50.0 Å². The molecule has 10 nitrogen and oxygen atoms in total. The fraction of sp³-hybridized carbons (Fsp3) is 0.515. The first-order valence-corrected chi connectivity index (χ1v) is 15.0. The normalized spacial score (nSPS) is 24.4. The molecule has 4 unspecified atom stereocenters. The summed E-state index contributed by atoms with van der Waals surface area (Å²) in [7, 11) is 0. The molecule has 0 radical (unpaired) electrons. The van der Waals surface area contributed by atoms with Crippen LogP contribution in [0, 0.1) is 0 Å². The molecule has 1 saturated carbocycles. The molecule has 2 aromatic rings. The number of nitrogens with one attached hydrogen (secondary N) is 1. The Balaban J connectivity index is 1.36. The number of aromatic hydroxyl groups is 2. The van der Waals surface area contributed by atoms with Crippen molar-refractivity contribution in [2.75, 3.05) is 11.9 Å². The van der Waals surface area contributed by atoms with Gasteiger partial charge in [-0.3, -0.25) is 4.79 Å². The molecular formula is C33H43NO9. The summed E-state index contributed by atoms with van der Waals surface area (Å²) in [4.78, 5) is 26.1. The summed E-state index contributed by atoms with van der Waals surface area (Å²) < 4.78 is 23.4. The molecule has 10 heteroatoms. The van der Waals surface area contributed by atoms with Crippen molar-refractivity contribution >= 4 is 23.6 Å². The van der Waals surface area contributed by atoms with Gasteiger partial charge in [-0.15, -0.1) is 0 Å². The second kappa shape index (κ2) is 14.2. The van der Waals surface area contributed by atoms with Gasteiger partial charge in [0.05, 0.1) is 12.7 Å². The maximum absolute atomic E-state index is 13.4. The van der Waals surface area contributed by atoms with E-state index >= 15 is 0 Å². The highest BCUT2D eigenvalue weighted by molar-refractivity contribution is 5.97. The first-order chi connectivity index (χ1) is 20.5. The Bertz CT molecular complexity index is 1280. The van der Waals surface area contributed by atoms with Gasteiger partial charge < -0.3 is 39.6 Å². The van der Waals surface area contributed by atoms with E-state index in [-0.39, 0.29) is 24.3 Å². The Morgan fingerprint density at radius 1 is 0.977 bits per heavy atom. The molecule has 4 N–H and O–H groups in total. The Morgan fingerprint density at radius 3 is 2.42 bits per heavy atom. The summed E-state index contributed by atoms with van der Waals surface area (Å²) in [6.45, 7) is 6.27. The summed E-state index contributed by atoms with van der Waals surface area (Å²) in [5.41, 5.74) is -0.940. The van der Waals surface area contributed by atoms with E-state index in [9.17, 15) is 24.9 Å². The lowest BCUT2D eigenvalue weighted by molar-refractivity contribution is -0.175. The number of esters is 1. The van der Waals surface area contributed by atoms with Crippen molar-refractivity contribution in [1.82, 2.24) is 0 Å². The highest BCUT2D eigenvalue weighted by Gasteiger charge is 2.57. The average Bonchev–Trinajstić information content (AvgIpc) is 3.27. The molecule has 1 saturated heterocycles. The smallest absolute Gasteiger partial charge is 0.331 e. The predicted molar refractivity (Wildman–Crippen MR) is 161 cm³/mol. The molecular weight excluding hydrogens is 554 g/mol. The van der Waals surface area contributed by atoms with Gasteiger partial charge in [0.1, 0.15) is 23.6 Å². The van der Waals surface area contributed by atoms with Crippen molar-refractivity contribution in [1.29, 1.82) is 0 Å². The molecule has 4 rings (SSSR count). The van der Waals surface area contributed by atoms with Crippen LogP contribution in [0.15, 0.2) is 48.5 Å². The Labute approximate surface area is 252 Å². The molecule has 4 atom stereocenters. The number of ether oxygens (including phenoxy) is 4. The molecule has 2 aromatic carbocycles. The van der Waals surface area contributed by atoms with E-state index in [1.54, 1.807) is 38.1 Å². The van der Waals surface area contributed by atoms with Gasteiger partial charge in [0.25, 0.3) is 5.91 Å². The molecule has 43 heavy (non-hydrogen) atoms. The summed E-state index contributed by atoms with van der Waals surface area (Å²) in [5, 5.41) is 33.4. The van der Waals surface area contributed by atoms with Gasteiger partial charge in [0, 0.05) is 24.6 Å². The third kappa shape index (κ3) is 8.95. The third-order valence-corrected chi connectivity index (χ3v) is 7.65. The number of phenolic OH excluding ortho intramolecular Hbond substituents is 2. The van der Waals surface area contributed by atoms with Gasteiger partial charge in [-0.2, -0.15) is 0 Å². The predicted octanol–water partition coefficient (Wildman–Crippen LogP) is 5.45. The van der Waals surface area contributed by atoms with Gasteiger partial charge in [-0.1, -0.05) is 45.1 Å². The van der Waals surface area contributed by atoms with E-state index in [1.807, 2.05) is 0 Å². The molecule has 0 aromatic heterocycles. The van der Waals surface area contributed by atoms with Gasteiger partial charge in [-0.05, 0) is 68.3 Å². The fourth-order valence-electron chi connectivity index (χ4n) is 5.45. The number of aliphatic hydroxyl groups is 1. The number of phenols is 2. The van der Waals surface area contributed by atoms with Crippen molar-refractivity contribution in [2.45, 2.75) is 102 Å². The Kier molecular flexibility index (Phi) is 10.7. The van der Waals surface area contributed by atoms with Crippen LogP contribution in [0.25, 0.3) is 6.08 Å². The van der Waals surface area contributed by atoms with Crippen molar-refractivity contribution in [3.63, 3.8) is 0 Å². The maximum atomic E-state index is 13.4. The lowest BCUT2D eigenvalue weighted by Gasteiger charge is -2.40. The van der Waals surface area contributed by atoms with Crippen LogP contribution in [-0.4, -0.2) is 63.5 Å². The van der Waals surface area contributed by atoms with Crippen molar-refractivity contribution in [3.05, 3.63) is 54.1 Å². The molecule has 1 heterocycles. The van der Waals surface area contributed by atoms with Crippen LogP contribution in [0.4, 0.5) is 5.69 Å². The van der Waals surface area contributed by atoms with Gasteiger partial charge >= 0.3 is 5.97 Å². The van der Waals surface area contributed by atoms with Crippen LogP contribution >= 0.6 is 0 Å². The molecule has 234 valence electrons. The van der Waals surface area contributed by atoms with Crippen molar-refractivity contribution < 1.29 is 43.9 Å². The van der Waals surface area contributed by atoms with E-state index in [2.05, 4.69) is 12.2 Å². The van der Waals surface area contributed by atoms with Crippen LogP contribution in [-0.2, 0) is 23.8 Å². The van der Waals surface area contributed by atoms with Crippen LogP contribution in [0.5, 0.6) is 17.2 Å². The number of fused-ring (bicyclic) bond motifs is 1. The Morgan fingerprint density at radius 2 is 1.70 bits per heavy atom. The quantitative estimate of drug-likeness (QED) is 0.103. The molecule has 2 aliphatic rings. The summed E-state index contributed by atoms with van der Waals surface area (Å²) >= 11 is 0. The molecule has 0 bridgehead atoms. The number of rotatable bonds is 13. The first kappa shape index (κ1) is 32.3. The van der Waals surface area contributed by atoms with Crippen molar-refractivity contribution in [3.8, 4) is 17.2 Å². The van der Waals surface area contributed by atoms with E-state index in [0.29, 0.717) is 23.6 Å². The molecule has 0 spiro atoms. The number of hydrogen-bond acceptors (Lipinski definition) is 9. The number of unbranched alkanes of at least 4 members (excludes halogenated alkanes) is 5. The van der Waals surface area contributed by atoms with Gasteiger partial charge in [0.2, 0.25) is 0 Å². The van der Waals surface area contributed by atoms with Crippen LogP contribution < -0.4 is 10.1 Å². The van der Waals surface area contributed by atoms with Crippen LogP contribution in [0.1, 0.15) is 77.7 Å².